The van der Waals surface area contributed by atoms with Crippen molar-refractivity contribution in [3.8, 4) is 0 Å². The monoisotopic (exact) mass is 433 g/mol. The Morgan fingerprint density at radius 1 is 1.00 bits per heavy atom. The number of rotatable bonds is 5. The van der Waals surface area contributed by atoms with E-state index in [0.29, 0.717) is 6.54 Å². The first-order valence-corrected chi connectivity index (χ1v) is 12.2. The number of aromatic nitrogens is 2. The molecule has 6 heteroatoms. The number of hydrogen-bond acceptors (Lipinski definition) is 5. The third-order valence-electron chi connectivity index (χ3n) is 5.62. The summed E-state index contributed by atoms with van der Waals surface area (Å²) in [5.74, 6) is 0. The van der Waals surface area contributed by atoms with Gasteiger partial charge in [-0.15, -0.1) is 11.3 Å². The minimum Gasteiger partial charge on any atom is -0.294 e. The van der Waals surface area contributed by atoms with Gasteiger partial charge in [0.05, 0.1) is 11.9 Å². The van der Waals surface area contributed by atoms with Gasteiger partial charge in [0, 0.05) is 24.5 Å². The standard InChI is InChI=1S/C24H23N3OS2/c1-29-24-25-22-21(23(28)27(24)15-18-10-6-3-7-11-18)19-12-13-26(16-20(19)30-22)14-17-8-4-2-5-9-17/h2-11H,12-16H2,1H3. The lowest BCUT2D eigenvalue weighted by atomic mass is 10.0. The molecule has 0 N–H and O–H groups in total. The van der Waals surface area contributed by atoms with Crippen molar-refractivity contribution in [1.82, 2.24) is 14.5 Å². The summed E-state index contributed by atoms with van der Waals surface area (Å²) in [5, 5.41) is 1.62. The minimum absolute atomic E-state index is 0.0993. The molecule has 1 aliphatic rings. The van der Waals surface area contributed by atoms with E-state index in [1.165, 1.54) is 16.0 Å². The molecule has 0 bridgehead atoms. The van der Waals surface area contributed by atoms with Crippen LogP contribution in [0.2, 0.25) is 0 Å². The molecule has 0 atom stereocenters. The molecule has 152 valence electrons. The Labute approximate surface area is 184 Å². The maximum atomic E-state index is 13.5. The van der Waals surface area contributed by atoms with E-state index in [9.17, 15) is 4.79 Å². The summed E-state index contributed by atoms with van der Waals surface area (Å²) in [4.78, 5) is 23.1. The number of benzene rings is 2. The van der Waals surface area contributed by atoms with E-state index >= 15 is 0 Å². The van der Waals surface area contributed by atoms with Crippen LogP contribution in [0.4, 0.5) is 0 Å². The second kappa shape index (κ2) is 8.38. The van der Waals surface area contributed by atoms with Gasteiger partial charge in [0.1, 0.15) is 4.83 Å². The van der Waals surface area contributed by atoms with E-state index in [4.69, 9.17) is 4.98 Å². The van der Waals surface area contributed by atoms with Gasteiger partial charge >= 0.3 is 0 Å². The average molecular weight is 434 g/mol. The fourth-order valence-corrected chi connectivity index (χ4v) is 6.01. The van der Waals surface area contributed by atoms with Crippen LogP contribution in [0.5, 0.6) is 0 Å². The maximum absolute atomic E-state index is 13.5. The number of hydrogen-bond donors (Lipinski definition) is 0. The molecule has 0 spiro atoms. The molecular weight excluding hydrogens is 410 g/mol. The summed E-state index contributed by atoms with van der Waals surface area (Å²) >= 11 is 3.23. The van der Waals surface area contributed by atoms with Crippen LogP contribution >= 0.6 is 23.1 Å². The number of thiophene rings is 1. The SMILES string of the molecule is CSc1nc2sc3c(c2c(=O)n1Cc1ccccc1)CCN(Cc1ccccc1)C3. The van der Waals surface area contributed by atoms with Gasteiger partial charge in [0.15, 0.2) is 5.16 Å². The van der Waals surface area contributed by atoms with Crippen molar-refractivity contribution in [2.45, 2.75) is 31.2 Å². The third-order valence-corrected chi connectivity index (χ3v) is 7.41. The fraction of sp³-hybridized carbons (Fsp3) is 0.250. The van der Waals surface area contributed by atoms with Crippen molar-refractivity contribution >= 4 is 33.3 Å². The summed E-state index contributed by atoms with van der Waals surface area (Å²) in [6, 6.07) is 20.7. The number of nitrogens with zero attached hydrogens (tertiary/aromatic N) is 3. The molecule has 2 aromatic carbocycles. The topological polar surface area (TPSA) is 38.1 Å². The van der Waals surface area contributed by atoms with Gasteiger partial charge in [-0.3, -0.25) is 14.3 Å². The van der Waals surface area contributed by atoms with Crippen molar-refractivity contribution in [2.75, 3.05) is 12.8 Å². The van der Waals surface area contributed by atoms with E-state index in [-0.39, 0.29) is 5.56 Å². The molecule has 3 heterocycles. The molecule has 0 fully saturated rings. The van der Waals surface area contributed by atoms with Gasteiger partial charge < -0.3 is 0 Å². The van der Waals surface area contributed by atoms with Crippen LogP contribution in [-0.2, 0) is 26.1 Å². The zero-order chi connectivity index (χ0) is 20.5. The summed E-state index contributed by atoms with van der Waals surface area (Å²) in [7, 11) is 0. The molecule has 5 rings (SSSR count). The van der Waals surface area contributed by atoms with Crippen LogP contribution in [-0.4, -0.2) is 27.3 Å². The molecule has 0 unspecified atom stereocenters. The normalized spacial score (nSPS) is 14.2. The first-order valence-electron chi connectivity index (χ1n) is 10.1. The molecule has 4 aromatic rings. The van der Waals surface area contributed by atoms with Crippen LogP contribution in [0.25, 0.3) is 10.2 Å². The van der Waals surface area contributed by atoms with Gasteiger partial charge in [0.2, 0.25) is 0 Å². The maximum Gasteiger partial charge on any atom is 0.263 e. The van der Waals surface area contributed by atoms with E-state index in [1.807, 2.05) is 29.0 Å². The summed E-state index contributed by atoms with van der Waals surface area (Å²) < 4.78 is 1.84. The van der Waals surface area contributed by atoms with Gasteiger partial charge in [0.25, 0.3) is 5.56 Å². The molecule has 0 amide bonds. The Balaban J connectivity index is 1.51. The van der Waals surface area contributed by atoms with Crippen molar-refractivity contribution < 1.29 is 0 Å². The lowest BCUT2D eigenvalue weighted by molar-refractivity contribution is 0.249. The van der Waals surface area contributed by atoms with Gasteiger partial charge in [-0.25, -0.2) is 4.98 Å². The quantitative estimate of drug-likeness (QED) is 0.335. The first-order chi connectivity index (χ1) is 14.7. The summed E-state index contributed by atoms with van der Waals surface area (Å²) in [6.07, 6.45) is 2.90. The molecule has 1 aliphatic heterocycles. The number of fused-ring (bicyclic) bond motifs is 3. The second-order valence-electron chi connectivity index (χ2n) is 7.61. The van der Waals surface area contributed by atoms with Gasteiger partial charge in [-0.2, -0.15) is 0 Å². The highest BCUT2D eigenvalue weighted by Gasteiger charge is 2.25. The van der Waals surface area contributed by atoms with Crippen LogP contribution in [0.15, 0.2) is 70.6 Å². The molecule has 2 aromatic heterocycles. The fourth-order valence-electron chi connectivity index (χ4n) is 4.15. The Hall–Kier alpha value is -2.41. The van der Waals surface area contributed by atoms with Crippen LogP contribution in [0.1, 0.15) is 21.6 Å². The Morgan fingerprint density at radius 2 is 1.67 bits per heavy atom. The summed E-state index contributed by atoms with van der Waals surface area (Å²) in [5.41, 5.74) is 3.76. The van der Waals surface area contributed by atoms with E-state index < -0.39 is 0 Å². The van der Waals surface area contributed by atoms with E-state index in [0.717, 1.165) is 47.0 Å². The largest absolute Gasteiger partial charge is 0.294 e. The average Bonchev–Trinajstić information content (AvgIpc) is 3.14. The lowest BCUT2D eigenvalue weighted by Crippen LogP contribution is -2.30. The molecule has 0 saturated carbocycles. The molecule has 4 nitrogen and oxygen atoms in total. The lowest BCUT2D eigenvalue weighted by Gasteiger charge is -2.26. The van der Waals surface area contributed by atoms with E-state index in [1.54, 1.807) is 23.1 Å². The Bertz CT molecular complexity index is 1230. The van der Waals surface area contributed by atoms with E-state index in [2.05, 4.69) is 47.4 Å². The Morgan fingerprint density at radius 3 is 2.33 bits per heavy atom. The molecule has 0 radical (unpaired) electrons. The summed E-state index contributed by atoms with van der Waals surface area (Å²) in [6.45, 7) is 3.36. The van der Waals surface area contributed by atoms with Crippen LogP contribution < -0.4 is 5.56 Å². The van der Waals surface area contributed by atoms with Crippen molar-refractivity contribution in [1.29, 1.82) is 0 Å². The second-order valence-corrected chi connectivity index (χ2v) is 9.46. The zero-order valence-electron chi connectivity index (χ0n) is 16.9. The highest BCUT2D eigenvalue weighted by atomic mass is 32.2. The van der Waals surface area contributed by atoms with Crippen molar-refractivity contribution in [2.24, 2.45) is 0 Å². The third kappa shape index (κ3) is 3.71. The highest BCUT2D eigenvalue weighted by molar-refractivity contribution is 7.98. The number of thioether (sulfide) groups is 1. The van der Waals surface area contributed by atoms with Crippen molar-refractivity contribution in [3.05, 3.63) is 92.6 Å². The predicted molar refractivity (Wildman–Crippen MR) is 125 cm³/mol. The smallest absolute Gasteiger partial charge is 0.263 e. The van der Waals surface area contributed by atoms with Crippen molar-refractivity contribution in [3.63, 3.8) is 0 Å². The molecular formula is C24H23N3OS2. The molecule has 0 aliphatic carbocycles. The predicted octanol–water partition coefficient (Wildman–Crippen LogP) is 4.79. The first kappa shape index (κ1) is 19.5. The zero-order valence-corrected chi connectivity index (χ0v) is 18.5. The molecule has 0 saturated heterocycles. The van der Waals surface area contributed by atoms with Crippen LogP contribution in [0.3, 0.4) is 0 Å². The minimum atomic E-state index is 0.0993. The highest BCUT2D eigenvalue weighted by Crippen LogP contribution is 2.34. The van der Waals surface area contributed by atoms with Gasteiger partial charge in [-0.05, 0) is 29.4 Å². The molecule has 30 heavy (non-hydrogen) atoms. The van der Waals surface area contributed by atoms with Crippen LogP contribution in [0, 0.1) is 0 Å². The van der Waals surface area contributed by atoms with Gasteiger partial charge in [-0.1, -0.05) is 72.4 Å². The Kier molecular flexibility index (Phi) is 5.46.